The highest BCUT2D eigenvalue weighted by molar-refractivity contribution is 5.93. The molecular weight excluding hydrogens is 374 g/mol. The summed E-state index contributed by atoms with van der Waals surface area (Å²) < 4.78 is 5.39. The molecule has 0 heterocycles. The summed E-state index contributed by atoms with van der Waals surface area (Å²) in [6.45, 7) is 4.00. The zero-order chi connectivity index (χ0) is 21.2. The van der Waals surface area contributed by atoms with E-state index in [1.807, 2.05) is 12.1 Å². The van der Waals surface area contributed by atoms with Gasteiger partial charge in [0.2, 0.25) is 0 Å². The van der Waals surface area contributed by atoms with Crippen LogP contribution >= 0.6 is 0 Å². The van der Waals surface area contributed by atoms with Gasteiger partial charge in [0.05, 0.1) is 4.92 Å². The topological polar surface area (TPSA) is 111 Å². The lowest BCUT2D eigenvalue weighted by atomic mass is 9.99. The predicted octanol–water partition coefficient (Wildman–Crippen LogP) is 3.35. The van der Waals surface area contributed by atoms with Gasteiger partial charge in [-0.05, 0) is 41.7 Å². The summed E-state index contributed by atoms with van der Waals surface area (Å²) in [5.41, 5.74) is 6.07. The number of nitro groups is 1. The zero-order valence-corrected chi connectivity index (χ0v) is 16.3. The van der Waals surface area contributed by atoms with Crippen LogP contribution in [0.25, 0.3) is 6.08 Å². The highest BCUT2D eigenvalue weighted by Gasteiger charge is 2.07. The Morgan fingerprint density at radius 1 is 1.17 bits per heavy atom. The normalized spacial score (nSPS) is 11.7. The van der Waals surface area contributed by atoms with E-state index in [0.717, 1.165) is 12.5 Å². The average molecular weight is 397 g/mol. The molecule has 0 saturated heterocycles. The molecule has 2 aromatic carbocycles. The summed E-state index contributed by atoms with van der Waals surface area (Å²) in [6, 6.07) is 13.4. The highest BCUT2D eigenvalue weighted by atomic mass is 16.6. The van der Waals surface area contributed by atoms with E-state index in [2.05, 4.69) is 24.7 Å². The molecule has 1 unspecified atom stereocenters. The number of rotatable bonds is 8. The summed E-state index contributed by atoms with van der Waals surface area (Å²) in [6.07, 6.45) is 3.61. The number of nitro benzene ring substituents is 1. The number of ether oxygens (including phenoxy) is 1. The third-order valence-corrected chi connectivity index (χ3v) is 4.26. The lowest BCUT2D eigenvalue weighted by Gasteiger charge is -2.11. The maximum Gasteiger partial charge on any atom is 0.276 e. The molecule has 1 atom stereocenters. The molecule has 2 rings (SSSR count). The quantitative estimate of drug-likeness (QED) is 0.403. The molecule has 0 saturated carbocycles. The monoisotopic (exact) mass is 397 g/mol. The Bertz CT molecular complexity index is 893. The van der Waals surface area contributed by atoms with Crippen molar-refractivity contribution in [3.05, 3.63) is 75.8 Å². The van der Waals surface area contributed by atoms with Crippen LogP contribution in [0.4, 0.5) is 5.69 Å². The zero-order valence-electron chi connectivity index (χ0n) is 16.3. The fourth-order valence-electron chi connectivity index (χ4n) is 2.40. The number of nitrogens with zero attached hydrogens (tertiary/aromatic N) is 1. The number of benzene rings is 2. The van der Waals surface area contributed by atoms with Gasteiger partial charge in [0.15, 0.2) is 6.61 Å². The standard InChI is InChI=1S/C21H23N3O5/c1-3-15(2)17-8-10-19(11-9-17)29-14-21(26)23-22-20(25)12-7-16-5-4-6-18(13-16)24(27)28/h4-13,15H,3,14H2,1-2H3,(H,22,25)(H,23,26)/b12-7+. The van der Waals surface area contributed by atoms with Gasteiger partial charge in [-0.2, -0.15) is 0 Å². The summed E-state index contributed by atoms with van der Waals surface area (Å²) in [7, 11) is 0. The molecule has 8 nitrogen and oxygen atoms in total. The molecule has 0 fully saturated rings. The number of non-ortho nitro benzene ring substituents is 1. The van der Waals surface area contributed by atoms with Crippen LogP contribution in [0.5, 0.6) is 5.75 Å². The Morgan fingerprint density at radius 2 is 1.90 bits per heavy atom. The predicted molar refractivity (Wildman–Crippen MR) is 109 cm³/mol. The Hall–Kier alpha value is -3.68. The van der Waals surface area contributed by atoms with Gasteiger partial charge in [-0.25, -0.2) is 0 Å². The summed E-state index contributed by atoms with van der Waals surface area (Å²) in [4.78, 5) is 33.8. The van der Waals surface area contributed by atoms with Gasteiger partial charge in [-0.1, -0.05) is 38.1 Å². The lowest BCUT2D eigenvalue weighted by molar-refractivity contribution is -0.384. The Balaban J connectivity index is 1.76. The van der Waals surface area contributed by atoms with E-state index in [1.54, 1.807) is 18.2 Å². The van der Waals surface area contributed by atoms with Crippen LogP contribution in [0.1, 0.15) is 37.3 Å². The molecule has 8 heteroatoms. The molecule has 0 radical (unpaired) electrons. The van der Waals surface area contributed by atoms with Gasteiger partial charge in [-0.15, -0.1) is 0 Å². The van der Waals surface area contributed by atoms with Crippen molar-refractivity contribution in [2.24, 2.45) is 0 Å². The van der Waals surface area contributed by atoms with E-state index in [9.17, 15) is 19.7 Å². The SMILES string of the molecule is CCC(C)c1ccc(OCC(=O)NNC(=O)/C=C/c2cccc([N+](=O)[O-])c2)cc1. The van der Waals surface area contributed by atoms with Crippen LogP contribution in [0.3, 0.4) is 0 Å². The number of hydrogen-bond donors (Lipinski definition) is 2. The van der Waals surface area contributed by atoms with Gasteiger partial charge >= 0.3 is 0 Å². The minimum absolute atomic E-state index is 0.0739. The molecule has 152 valence electrons. The number of amides is 2. The Kier molecular flexibility index (Phi) is 7.90. The van der Waals surface area contributed by atoms with E-state index in [1.165, 1.54) is 29.8 Å². The number of hydrazine groups is 1. The number of carbonyl (C=O) groups is 2. The van der Waals surface area contributed by atoms with Crippen LogP contribution in [0, 0.1) is 10.1 Å². The van der Waals surface area contributed by atoms with E-state index in [-0.39, 0.29) is 12.3 Å². The smallest absolute Gasteiger partial charge is 0.276 e. The lowest BCUT2D eigenvalue weighted by Crippen LogP contribution is -2.43. The largest absolute Gasteiger partial charge is 0.484 e. The minimum Gasteiger partial charge on any atom is -0.484 e. The van der Waals surface area contributed by atoms with E-state index < -0.39 is 16.7 Å². The first kappa shape index (κ1) is 21.6. The van der Waals surface area contributed by atoms with Crippen molar-refractivity contribution in [2.45, 2.75) is 26.2 Å². The number of hydrogen-bond acceptors (Lipinski definition) is 5. The molecule has 29 heavy (non-hydrogen) atoms. The van der Waals surface area contributed by atoms with E-state index in [4.69, 9.17) is 4.74 Å². The average Bonchev–Trinajstić information content (AvgIpc) is 2.74. The van der Waals surface area contributed by atoms with Crippen LogP contribution in [-0.2, 0) is 9.59 Å². The third kappa shape index (κ3) is 7.10. The van der Waals surface area contributed by atoms with Crippen molar-refractivity contribution in [3.8, 4) is 5.75 Å². The van der Waals surface area contributed by atoms with Crippen molar-refractivity contribution in [1.82, 2.24) is 10.9 Å². The van der Waals surface area contributed by atoms with Crippen LogP contribution in [-0.4, -0.2) is 23.3 Å². The van der Waals surface area contributed by atoms with Crippen LogP contribution in [0.2, 0.25) is 0 Å². The van der Waals surface area contributed by atoms with E-state index >= 15 is 0 Å². The number of carbonyl (C=O) groups excluding carboxylic acids is 2. The van der Waals surface area contributed by atoms with Gasteiger partial charge in [-0.3, -0.25) is 30.6 Å². The fraction of sp³-hybridized carbons (Fsp3) is 0.238. The first-order chi connectivity index (χ1) is 13.9. The molecular formula is C21H23N3O5. The van der Waals surface area contributed by atoms with E-state index in [0.29, 0.717) is 17.2 Å². The molecule has 0 aromatic heterocycles. The minimum atomic E-state index is -0.581. The molecule has 0 bridgehead atoms. The second-order valence-electron chi connectivity index (χ2n) is 6.39. The first-order valence-corrected chi connectivity index (χ1v) is 9.13. The first-order valence-electron chi connectivity index (χ1n) is 9.13. The maximum absolute atomic E-state index is 11.8. The van der Waals surface area contributed by atoms with Crippen LogP contribution < -0.4 is 15.6 Å². The van der Waals surface area contributed by atoms with Crippen LogP contribution in [0.15, 0.2) is 54.6 Å². The van der Waals surface area contributed by atoms with Crippen molar-refractivity contribution < 1.29 is 19.2 Å². The fourth-order valence-corrected chi connectivity index (χ4v) is 2.40. The molecule has 2 amide bonds. The van der Waals surface area contributed by atoms with Gasteiger partial charge < -0.3 is 4.74 Å². The second-order valence-corrected chi connectivity index (χ2v) is 6.39. The summed E-state index contributed by atoms with van der Waals surface area (Å²) in [5.74, 6) is -0.0856. The molecule has 2 aromatic rings. The summed E-state index contributed by atoms with van der Waals surface area (Å²) >= 11 is 0. The van der Waals surface area contributed by atoms with Crippen molar-refractivity contribution in [2.75, 3.05) is 6.61 Å². The van der Waals surface area contributed by atoms with Crippen molar-refractivity contribution in [3.63, 3.8) is 0 Å². The third-order valence-electron chi connectivity index (χ3n) is 4.26. The Labute approximate surface area is 168 Å². The summed E-state index contributed by atoms with van der Waals surface area (Å²) in [5, 5.41) is 10.7. The highest BCUT2D eigenvalue weighted by Crippen LogP contribution is 2.21. The van der Waals surface area contributed by atoms with Gasteiger partial charge in [0, 0.05) is 18.2 Å². The molecule has 0 aliphatic carbocycles. The van der Waals surface area contributed by atoms with Crippen molar-refractivity contribution >= 4 is 23.6 Å². The molecule has 0 aliphatic rings. The maximum atomic E-state index is 11.8. The molecule has 0 spiro atoms. The second kappa shape index (κ2) is 10.6. The molecule has 0 aliphatic heterocycles. The number of nitrogens with one attached hydrogen (secondary N) is 2. The van der Waals surface area contributed by atoms with Crippen molar-refractivity contribution in [1.29, 1.82) is 0 Å². The van der Waals surface area contributed by atoms with Gasteiger partial charge in [0.1, 0.15) is 5.75 Å². The van der Waals surface area contributed by atoms with Gasteiger partial charge in [0.25, 0.3) is 17.5 Å². The molecule has 2 N–H and O–H groups in total. The Morgan fingerprint density at radius 3 is 2.55 bits per heavy atom.